The molecule has 1 aromatic rings. The van der Waals surface area contributed by atoms with E-state index in [9.17, 15) is 5.11 Å². The molecular formula is C19H35NO2S. The predicted octanol–water partition coefficient (Wildman–Crippen LogP) is 4.56. The zero-order chi connectivity index (χ0) is 16.9. The van der Waals surface area contributed by atoms with E-state index in [1.165, 1.54) is 69.8 Å². The van der Waals surface area contributed by atoms with E-state index in [2.05, 4.69) is 12.3 Å². The molecule has 0 aromatic carbocycles. The molecule has 134 valence electrons. The van der Waals surface area contributed by atoms with Gasteiger partial charge in [0.15, 0.2) is 0 Å². The zero-order valence-corrected chi connectivity index (χ0v) is 15.5. The highest BCUT2D eigenvalue weighted by Gasteiger charge is 2.17. The molecule has 0 saturated carbocycles. The summed E-state index contributed by atoms with van der Waals surface area (Å²) in [5, 5.41) is 21.1. The third kappa shape index (κ3) is 8.85. The number of unbranched alkanes of at least 4 members (excludes halogenated alkanes) is 9. The van der Waals surface area contributed by atoms with Gasteiger partial charge in [0.2, 0.25) is 0 Å². The maximum Gasteiger partial charge on any atom is 0.105 e. The Hall–Kier alpha value is -0.420. The van der Waals surface area contributed by atoms with Gasteiger partial charge in [0.1, 0.15) is 6.10 Å². The summed E-state index contributed by atoms with van der Waals surface area (Å²) < 4.78 is 0. The molecule has 1 heterocycles. The largest absolute Gasteiger partial charge is 0.395 e. The molecule has 2 atom stereocenters. The molecule has 0 amide bonds. The van der Waals surface area contributed by atoms with E-state index in [4.69, 9.17) is 10.8 Å². The molecule has 1 rings (SSSR count). The smallest absolute Gasteiger partial charge is 0.105 e. The number of aliphatic hydroxyl groups excluding tert-OH is 2. The normalized spacial score (nSPS) is 14.1. The van der Waals surface area contributed by atoms with Crippen LogP contribution in [0.5, 0.6) is 0 Å². The SMILES string of the molecule is CCCCCCCCCCCCc1csc([C@@H](O)[C@@H](N)CO)c1. The molecule has 3 nitrogen and oxygen atoms in total. The van der Waals surface area contributed by atoms with Crippen molar-refractivity contribution in [2.24, 2.45) is 5.73 Å². The van der Waals surface area contributed by atoms with Crippen molar-refractivity contribution in [1.82, 2.24) is 0 Å². The minimum Gasteiger partial charge on any atom is -0.395 e. The molecule has 4 N–H and O–H groups in total. The standard InChI is InChI=1S/C19H35NO2S/c1-2-3-4-5-6-7-8-9-10-11-12-16-13-18(23-15-16)19(22)17(20)14-21/h13,15,17,19,21-22H,2-12,14,20H2,1H3/t17-,19-/m0/s1. The minimum absolute atomic E-state index is 0.188. The van der Waals surface area contributed by atoms with Crippen LogP contribution in [0.3, 0.4) is 0 Å². The molecule has 23 heavy (non-hydrogen) atoms. The molecule has 0 aliphatic rings. The van der Waals surface area contributed by atoms with E-state index < -0.39 is 12.1 Å². The maximum absolute atomic E-state index is 9.97. The van der Waals surface area contributed by atoms with Gasteiger partial charge >= 0.3 is 0 Å². The van der Waals surface area contributed by atoms with Crippen LogP contribution in [0.25, 0.3) is 0 Å². The quantitative estimate of drug-likeness (QED) is 0.434. The van der Waals surface area contributed by atoms with Crippen LogP contribution in [0.15, 0.2) is 11.4 Å². The highest BCUT2D eigenvalue weighted by Crippen LogP contribution is 2.25. The van der Waals surface area contributed by atoms with Gasteiger partial charge in [-0.25, -0.2) is 0 Å². The Morgan fingerprint density at radius 3 is 2.13 bits per heavy atom. The molecule has 4 heteroatoms. The summed E-state index contributed by atoms with van der Waals surface area (Å²) in [6.07, 6.45) is 13.9. The summed E-state index contributed by atoms with van der Waals surface area (Å²) in [6, 6.07) is 1.46. The Kier molecular flexibility index (Phi) is 11.6. The van der Waals surface area contributed by atoms with E-state index in [0.717, 1.165) is 11.3 Å². The van der Waals surface area contributed by atoms with E-state index in [0.29, 0.717) is 0 Å². The van der Waals surface area contributed by atoms with Crippen molar-refractivity contribution in [3.05, 3.63) is 21.9 Å². The number of rotatable bonds is 14. The second-order valence-corrected chi connectivity index (χ2v) is 7.52. The third-order valence-corrected chi connectivity index (χ3v) is 5.45. The molecule has 1 aromatic heterocycles. The number of aliphatic hydroxyl groups is 2. The van der Waals surface area contributed by atoms with Gasteiger partial charge in [-0.05, 0) is 29.9 Å². The number of nitrogens with two attached hydrogens (primary N) is 1. The molecule has 0 bridgehead atoms. The first kappa shape index (κ1) is 20.6. The van der Waals surface area contributed by atoms with Crippen LogP contribution in [0.1, 0.15) is 87.7 Å². The fourth-order valence-corrected chi connectivity index (χ4v) is 3.82. The Balaban J connectivity index is 2.05. The number of hydrogen-bond acceptors (Lipinski definition) is 4. The molecule has 0 radical (unpaired) electrons. The van der Waals surface area contributed by atoms with Crippen LogP contribution in [0.2, 0.25) is 0 Å². The topological polar surface area (TPSA) is 66.5 Å². The van der Waals surface area contributed by atoms with Gasteiger partial charge in [0.05, 0.1) is 12.6 Å². The molecule has 0 aliphatic heterocycles. The third-order valence-electron chi connectivity index (χ3n) is 4.40. The minimum atomic E-state index is -0.744. The Bertz CT molecular complexity index is 394. The van der Waals surface area contributed by atoms with Gasteiger partial charge < -0.3 is 15.9 Å². The van der Waals surface area contributed by atoms with E-state index in [1.54, 1.807) is 11.3 Å². The van der Waals surface area contributed by atoms with Gasteiger partial charge in [-0.1, -0.05) is 64.7 Å². The number of hydrogen-bond donors (Lipinski definition) is 3. The Morgan fingerprint density at radius 2 is 1.57 bits per heavy atom. The van der Waals surface area contributed by atoms with E-state index >= 15 is 0 Å². The average Bonchev–Trinajstić information content (AvgIpc) is 3.04. The van der Waals surface area contributed by atoms with Gasteiger partial charge in [-0.2, -0.15) is 0 Å². The molecule has 0 fully saturated rings. The van der Waals surface area contributed by atoms with Crippen molar-refractivity contribution < 1.29 is 10.2 Å². The molecule has 0 spiro atoms. The lowest BCUT2D eigenvalue weighted by molar-refractivity contribution is 0.112. The molecular weight excluding hydrogens is 306 g/mol. The lowest BCUT2D eigenvalue weighted by Gasteiger charge is -2.14. The second kappa shape index (κ2) is 12.9. The summed E-state index contributed by atoms with van der Waals surface area (Å²) in [7, 11) is 0. The lowest BCUT2D eigenvalue weighted by atomic mass is 10.0. The second-order valence-electron chi connectivity index (χ2n) is 6.58. The summed E-state index contributed by atoms with van der Waals surface area (Å²) >= 11 is 1.54. The van der Waals surface area contributed by atoms with Crippen molar-refractivity contribution in [2.75, 3.05) is 6.61 Å². The van der Waals surface area contributed by atoms with Crippen LogP contribution < -0.4 is 5.73 Å². The fourth-order valence-electron chi connectivity index (χ4n) is 2.81. The predicted molar refractivity (Wildman–Crippen MR) is 99.9 cm³/mol. The Morgan fingerprint density at radius 1 is 1.00 bits per heavy atom. The monoisotopic (exact) mass is 341 g/mol. The van der Waals surface area contributed by atoms with Crippen molar-refractivity contribution >= 4 is 11.3 Å². The first-order valence-corrected chi connectivity index (χ1v) is 10.2. The lowest BCUT2D eigenvalue weighted by Crippen LogP contribution is -2.31. The number of aryl methyl sites for hydroxylation is 1. The van der Waals surface area contributed by atoms with E-state index in [1.807, 2.05) is 6.07 Å². The first-order valence-electron chi connectivity index (χ1n) is 9.30. The van der Waals surface area contributed by atoms with Crippen molar-refractivity contribution in [3.8, 4) is 0 Å². The van der Waals surface area contributed by atoms with Gasteiger partial charge in [0, 0.05) is 4.88 Å². The maximum atomic E-state index is 9.97. The van der Waals surface area contributed by atoms with Crippen molar-refractivity contribution in [3.63, 3.8) is 0 Å². The van der Waals surface area contributed by atoms with Crippen LogP contribution in [0.4, 0.5) is 0 Å². The van der Waals surface area contributed by atoms with Gasteiger partial charge in [-0.15, -0.1) is 11.3 Å². The van der Waals surface area contributed by atoms with E-state index in [-0.39, 0.29) is 6.61 Å². The summed E-state index contributed by atoms with van der Waals surface area (Å²) in [4.78, 5) is 0.869. The molecule has 0 unspecified atom stereocenters. The number of thiophene rings is 1. The first-order chi connectivity index (χ1) is 11.2. The summed E-state index contributed by atoms with van der Waals surface area (Å²) in [5.74, 6) is 0. The van der Waals surface area contributed by atoms with Crippen LogP contribution in [-0.4, -0.2) is 22.9 Å². The molecule has 0 saturated heterocycles. The van der Waals surface area contributed by atoms with Crippen molar-refractivity contribution in [1.29, 1.82) is 0 Å². The molecule has 0 aliphatic carbocycles. The van der Waals surface area contributed by atoms with Crippen LogP contribution in [-0.2, 0) is 6.42 Å². The summed E-state index contributed by atoms with van der Waals surface area (Å²) in [6.45, 7) is 2.07. The Labute approximate surface area is 145 Å². The highest BCUT2D eigenvalue weighted by molar-refractivity contribution is 7.10. The zero-order valence-electron chi connectivity index (χ0n) is 14.7. The van der Waals surface area contributed by atoms with Crippen molar-refractivity contribution in [2.45, 2.75) is 89.7 Å². The van der Waals surface area contributed by atoms with Crippen LogP contribution in [0, 0.1) is 0 Å². The fraction of sp³-hybridized carbons (Fsp3) is 0.789. The summed E-state index contributed by atoms with van der Waals surface area (Å²) in [5.41, 5.74) is 6.96. The average molecular weight is 342 g/mol. The van der Waals surface area contributed by atoms with Crippen LogP contribution >= 0.6 is 11.3 Å². The highest BCUT2D eigenvalue weighted by atomic mass is 32.1. The van der Waals surface area contributed by atoms with Gasteiger partial charge in [-0.3, -0.25) is 0 Å². The van der Waals surface area contributed by atoms with Gasteiger partial charge in [0.25, 0.3) is 0 Å².